The van der Waals surface area contributed by atoms with Gasteiger partial charge in [0.15, 0.2) is 6.61 Å². The Hall–Kier alpha value is -1.94. The van der Waals surface area contributed by atoms with Crippen molar-refractivity contribution in [1.82, 2.24) is 5.32 Å². The highest BCUT2D eigenvalue weighted by Crippen LogP contribution is 2.19. The third-order valence-electron chi connectivity index (χ3n) is 3.11. The standard InChI is InChI=1S/C17H19NO2S/c1-13(14-6-4-3-5-7-14)18-17(19)12-20-15-8-10-16(21-2)11-9-15/h3-11,13H,12H2,1-2H3,(H,18,19). The van der Waals surface area contributed by atoms with Crippen molar-refractivity contribution in [3.8, 4) is 5.75 Å². The maximum absolute atomic E-state index is 11.9. The van der Waals surface area contributed by atoms with Crippen LogP contribution >= 0.6 is 11.8 Å². The minimum atomic E-state index is -0.125. The molecule has 2 rings (SSSR count). The third-order valence-corrected chi connectivity index (χ3v) is 3.85. The number of carbonyl (C=O) groups excluding carboxylic acids is 1. The number of benzene rings is 2. The molecule has 2 aromatic carbocycles. The molecule has 0 saturated heterocycles. The van der Waals surface area contributed by atoms with Gasteiger partial charge in [-0.3, -0.25) is 4.79 Å². The lowest BCUT2D eigenvalue weighted by molar-refractivity contribution is -0.123. The zero-order chi connectivity index (χ0) is 15.1. The zero-order valence-corrected chi connectivity index (χ0v) is 13.0. The number of rotatable bonds is 6. The zero-order valence-electron chi connectivity index (χ0n) is 12.2. The number of thioether (sulfide) groups is 1. The summed E-state index contributed by atoms with van der Waals surface area (Å²) in [6.07, 6.45) is 2.02. The summed E-state index contributed by atoms with van der Waals surface area (Å²) in [5.74, 6) is 0.579. The van der Waals surface area contributed by atoms with E-state index in [1.165, 1.54) is 4.90 Å². The first-order chi connectivity index (χ1) is 10.2. The molecule has 1 unspecified atom stereocenters. The van der Waals surface area contributed by atoms with Gasteiger partial charge in [-0.25, -0.2) is 0 Å². The highest BCUT2D eigenvalue weighted by Gasteiger charge is 2.09. The average molecular weight is 301 g/mol. The van der Waals surface area contributed by atoms with Gasteiger partial charge in [0, 0.05) is 4.90 Å². The lowest BCUT2D eigenvalue weighted by Gasteiger charge is -2.14. The lowest BCUT2D eigenvalue weighted by Crippen LogP contribution is -2.31. The molecular formula is C17H19NO2S. The lowest BCUT2D eigenvalue weighted by atomic mass is 10.1. The van der Waals surface area contributed by atoms with Crippen LogP contribution in [0.3, 0.4) is 0 Å². The third kappa shape index (κ3) is 4.83. The fraction of sp³-hybridized carbons (Fsp3) is 0.235. The van der Waals surface area contributed by atoms with Crippen molar-refractivity contribution in [3.63, 3.8) is 0 Å². The number of carbonyl (C=O) groups is 1. The smallest absolute Gasteiger partial charge is 0.258 e. The van der Waals surface area contributed by atoms with Gasteiger partial charge in [-0.2, -0.15) is 0 Å². The van der Waals surface area contributed by atoms with Crippen LogP contribution in [-0.4, -0.2) is 18.8 Å². The van der Waals surface area contributed by atoms with E-state index in [0.29, 0.717) is 5.75 Å². The molecule has 0 aromatic heterocycles. The summed E-state index contributed by atoms with van der Waals surface area (Å²) in [5, 5.41) is 2.92. The molecule has 2 aromatic rings. The van der Waals surface area contributed by atoms with Gasteiger partial charge in [0.1, 0.15) is 5.75 Å². The number of hydrogen-bond acceptors (Lipinski definition) is 3. The summed E-state index contributed by atoms with van der Waals surface area (Å²) in [5.41, 5.74) is 1.08. The molecule has 1 atom stereocenters. The molecule has 0 aliphatic rings. The molecule has 4 heteroatoms. The number of nitrogens with one attached hydrogen (secondary N) is 1. The average Bonchev–Trinajstić information content (AvgIpc) is 2.54. The molecule has 110 valence electrons. The van der Waals surface area contributed by atoms with Crippen molar-refractivity contribution in [2.24, 2.45) is 0 Å². The van der Waals surface area contributed by atoms with Crippen molar-refractivity contribution >= 4 is 17.7 Å². The van der Waals surface area contributed by atoms with Crippen molar-refractivity contribution in [2.45, 2.75) is 17.9 Å². The van der Waals surface area contributed by atoms with E-state index in [0.717, 1.165) is 5.56 Å². The molecular weight excluding hydrogens is 282 g/mol. The van der Waals surface area contributed by atoms with E-state index in [1.807, 2.05) is 67.8 Å². The van der Waals surface area contributed by atoms with Crippen LogP contribution in [0.15, 0.2) is 59.5 Å². The largest absolute Gasteiger partial charge is 0.484 e. The van der Waals surface area contributed by atoms with E-state index in [4.69, 9.17) is 4.74 Å². The van der Waals surface area contributed by atoms with Crippen molar-refractivity contribution in [3.05, 3.63) is 60.2 Å². The normalized spacial score (nSPS) is 11.7. The van der Waals surface area contributed by atoms with E-state index in [9.17, 15) is 4.79 Å². The summed E-state index contributed by atoms with van der Waals surface area (Å²) in [6, 6.07) is 17.5. The van der Waals surface area contributed by atoms with Gasteiger partial charge in [-0.1, -0.05) is 30.3 Å². The number of amides is 1. The van der Waals surface area contributed by atoms with Crippen molar-refractivity contribution < 1.29 is 9.53 Å². The Balaban J connectivity index is 1.81. The molecule has 0 bridgehead atoms. The van der Waals surface area contributed by atoms with Crippen molar-refractivity contribution in [2.75, 3.05) is 12.9 Å². The van der Waals surface area contributed by atoms with E-state index in [2.05, 4.69) is 5.32 Å². The Labute approximate surface area is 129 Å². The Bertz CT molecular complexity index is 569. The quantitative estimate of drug-likeness (QED) is 0.827. The van der Waals surface area contributed by atoms with Crippen LogP contribution in [0.4, 0.5) is 0 Å². The maximum atomic E-state index is 11.9. The van der Waals surface area contributed by atoms with E-state index in [1.54, 1.807) is 11.8 Å². The van der Waals surface area contributed by atoms with Crippen LogP contribution in [-0.2, 0) is 4.79 Å². The summed E-state index contributed by atoms with van der Waals surface area (Å²) >= 11 is 1.67. The molecule has 1 N–H and O–H groups in total. The fourth-order valence-electron chi connectivity index (χ4n) is 1.93. The molecule has 21 heavy (non-hydrogen) atoms. The van der Waals surface area contributed by atoms with Crippen LogP contribution in [0.5, 0.6) is 5.75 Å². The topological polar surface area (TPSA) is 38.3 Å². The van der Waals surface area contributed by atoms with E-state index >= 15 is 0 Å². The van der Waals surface area contributed by atoms with E-state index in [-0.39, 0.29) is 18.6 Å². The molecule has 0 aliphatic heterocycles. The maximum Gasteiger partial charge on any atom is 0.258 e. The Kier molecular flexibility index (Phi) is 5.69. The van der Waals surface area contributed by atoms with Crippen LogP contribution in [0.25, 0.3) is 0 Å². The van der Waals surface area contributed by atoms with Gasteiger partial charge in [-0.05, 0) is 43.0 Å². The first-order valence-electron chi connectivity index (χ1n) is 6.80. The second-order valence-corrected chi connectivity index (χ2v) is 5.54. The second-order valence-electron chi connectivity index (χ2n) is 4.66. The minimum absolute atomic E-state index is 0.0236. The molecule has 0 fully saturated rings. The highest BCUT2D eigenvalue weighted by atomic mass is 32.2. The predicted molar refractivity (Wildman–Crippen MR) is 86.7 cm³/mol. The van der Waals surface area contributed by atoms with Gasteiger partial charge in [0.05, 0.1) is 6.04 Å². The number of ether oxygens (including phenoxy) is 1. The van der Waals surface area contributed by atoms with Gasteiger partial charge < -0.3 is 10.1 Å². The number of hydrogen-bond donors (Lipinski definition) is 1. The van der Waals surface area contributed by atoms with Crippen LogP contribution < -0.4 is 10.1 Å². The van der Waals surface area contributed by atoms with Gasteiger partial charge in [0.25, 0.3) is 5.91 Å². The van der Waals surface area contributed by atoms with Crippen LogP contribution in [0.1, 0.15) is 18.5 Å². The first kappa shape index (κ1) is 15.4. The van der Waals surface area contributed by atoms with Crippen LogP contribution in [0.2, 0.25) is 0 Å². The first-order valence-corrected chi connectivity index (χ1v) is 8.02. The monoisotopic (exact) mass is 301 g/mol. The van der Waals surface area contributed by atoms with Gasteiger partial charge in [-0.15, -0.1) is 11.8 Å². The fourth-order valence-corrected chi connectivity index (χ4v) is 2.34. The molecule has 0 radical (unpaired) electrons. The molecule has 1 amide bonds. The summed E-state index contributed by atoms with van der Waals surface area (Å²) in [4.78, 5) is 13.1. The van der Waals surface area contributed by atoms with E-state index < -0.39 is 0 Å². The summed E-state index contributed by atoms with van der Waals surface area (Å²) < 4.78 is 5.48. The Morgan fingerprint density at radius 3 is 2.43 bits per heavy atom. The molecule has 0 heterocycles. The Morgan fingerprint density at radius 1 is 1.14 bits per heavy atom. The minimum Gasteiger partial charge on any atom is -0.484 e. The molecule has 0 saturated carbocycles. The van der Waals surface area contributed by atoms with Crippen molar-refractivity contribution in [1.29, 1.82) is 0 Å². The molecule has 0 aliphatic carbocycles. The summed E-state index contributed by atoms with van der Waals surface area (Å²) in [6.45, 7) is 1.98. The van der Waals surface area contributed by atoms with Crippen LogP contribution in [0, 0.1) is 0 Å². The SMILES string of the molecule is CSc1ccc(OCC(=O)NC(C)c2ccccc2)cc1. The molecule has 0 spiro atoms. The van der Waals surface area contributed by atoms with Gasteiger partial charge >= 0.3 is 0 Å². The second kappa shape index (κ2) is 7.74. The van der Waals surface area contributed by atoms with Gasteiger partial charge in [0.2, 0.25) is 0 Å². The summed E-state index contributed by atoms with van der Waals surface area (Å²) in [7, 11) is 0. The highest BCUT2D eigenvalue weighted by molar-refractivity contribution is 7.98. The Morgan fingerprint density at radius 2 is 1.81 bits per heavy atom. The molecule has 3 nitrogen and oxygen atoms in total. The predicted octanol–water partition coefficient (Wildman–Crippen LogP) is 3.66.